The van der Waals surface area contributed by atoms with Crippen molar-refractivity contribution in [3.63, 3.8) is 0 Å². The fourth-order valence-corrected chi connectivity index (χ4v) is 5.41. The van der Waals surface area contributed by atoms with Gasteiger partial charge in [0.15, 0.2) is 0 Å². The van der Waals surface area contributed by atoms with Gasteiger partial charge in [0, 0.05) is 5.39 Å². The highest BCUT2D eigenvalue weighted by molar-refractivity contribution is 7.92. The first kappa shape index (κ1) is 22.5. The van der Waals surface area contributed by atoms with Crippen molar-refractivity contribution in [2.45, 2.75) is 4.90 Å². The van der Waals surface area contributed by atoms with E-state index in [1.165, 1.54) is 16.7 Å². The predicted octanol–water partition coefficient (Wildman–Crippen LogP) is 4.31. The van der Waals surface area contributed by atoms with E-state index < -0.39 is 10.0 Å². The molecule has 9 nitrogen and oxygen atoms in total. The van der Waals surface area contributed by atoms with Gasteiger partial charge < -0.3 is 5.73 Å². The minimum Gasteiger partial charge on any atom is -0.369 e. The molecule has 0 aliphatic rings. The fraction of sp³-hybridized carbons (Fsp3) is 0. The Morgan fingerprint density at radius 3 is 2.32 bits per heavy atom. The molecule has 4 N–H and O–H groups in total. The summed E-state index contributed by atoms with van der Waals surface area (Å²) in [5, 5.41) is 7.98. The summed E-state index contributed by atoms with van der Waals surface area (Å²) in [6.07, 6.45) is 1.56. The standard InChI is InChI=1S/C27H20N6O3S/c28-27-30-23-12-11-17(13-21(23)26(34)33(27)19-7-3-1-4-8-19)18-14-24-22(16-29-31-24)25(15-18)32-37(35,36)20-9-5-2-6-10-20/h1-16,32H,(H2,28,30)(H,29,31). The van der Waals surface area contributed by atoms with Crippen molar-refractivity contribution in [2.75, 3.05) is 10.5 Å². The van der Waals surface area contributed by atoms with Crippen molar-refractivity contribution >= 4 is 43.5 Å². The van der Waals surface area contributed by atoms with Gasteiger partial charge in [-0.15, -0.1) is 0 Å². The Hall–Kier alpha value is -4.96. The molecule has 0 amide bonds. The molecule has 37 heavy (non-hydrogen) atoms. The summed E-state index contributed by atoms with van der Waals surface area (Å²) in [5.41, 5.74) is 9.29. The highest BCUT2D eigenvalue weighted by Crippen LogP contribution is 2.32. The molecule has 182 valence electrons. The van der Waals surface area contributed by atoms with Crippen molar-refractivity contribution in [3.05, 3.63) is 108 Å². The molecule has 0 atom stereocenters. The van der Waals surface area contributed by atoms with Crippen LogP contribution in [0.3, 0.4) is 0 Å². The van der Waals surface area contributed by atoms with Crippen LogP contribution in [0, 0.1) is 0 Å². The zero-order chi connectivity index (χ0) is 25.6. The van der Waals surface area contributed by atoms with Crippen molar-refractivity contribution < 1.29 is 8.42 Å². The minimum absolute atomic E-state index is 0.0907. The van der Waals surface area contributed by atoms with Gasteiger partial charge in [-0.05, 0) is 59.7 Å². The van der Waals surface area contributed by atoms with Gasteiger partial charge in [-0.25, -0.2) is 18.0 Å². The number of nitrogen functional groups attached to an aromatic ring is 1. The maximum absolute atomic E-state index is 13.5. The third kappa shape index (κ3) is 3.99. The van der Waals surface area contributed by atoms with Gasteiger partial charge in [-0.1, -0.05) is 42.5 Å². The lowest BCUT2D eigenvalue weighted by Gasteiger charge is -2.13. The summed E-state index contributed by atoms with van der Waals surface area (Å²) in [7, 11) is -3.83. The van der Waals surface area contributed by atoms with E-state index >= 15 is 0 Å². The Kier molecular flexibility index (Phi) is 5.24. The summed E-state index contributed by atoms with van der Waals surface area (Å²) in [5.74, 6) is 0.0907. The van der Waals surface area contributed by atoms with Crippen LogP contribution in [-0.4, -0.2) is 28.2 Å². The molecule has 0 bridgehead atoms. The van der Waals surface area contributed by atoms with Gasteiger partial charge in [-0.3, -0.25) is 14.6 Å². The molecule has 0 spiro atoms. The number of nitrogens with one attached hydrogen (secondary N) is 2. The molecule has 0 aliphatic heterocycles. The molecule has 0 saturated heterocycles. The average Bonchev–Trinajstić information content (AvgIpc) is 3.39. The second-order valence-electron chi connectivity index (χ2n) is 8.45. The molecule has 2 aromatic heterocycles. The largest absolute Gasteiger partial charge is 0.369 e. The number of fused-ring (bicyclic) bond motifs is 2. The smallest absolute Gasteiger partial charge is 0.267 e. The van der Waals surface area contributed by atoms with Gasteiger partial charge >= 0.3 is 0 Å². The first-order chi connectivity index (χ1) is 17.9. The molecule has 0 fully saturated rings. The van der Waals surface area contributed by atoms with Crippen LogP contribution in [0.5, 0.6) is 0 Å². The number of para-hydroxylation sites is 1. The second-order valence-corrected chi connectivity index (χ2v) is 10.1. The zero-order valence-electron chi connectivity index (χ0n) is 19.3. The lowest BCUT2D eigenvalue weighted by molar-refractivity contribution is 0.601. The van der Waals surface area contributed by atoms with Gasteiger partial charge in [0.2, 0.25) is 5.95 Å². The van der Waals surface area contributed by atoms with E-state index in [0.29, 0.717) is 44.3 Å². The van der Waals surface area contributed by atoms with Gasteiger partial charge in [0.05, 0.1) is 38.9 Å². The number of benzene rings is 4. The van der Waals surface area contributed by atoms with Crippen molar-refractivity contribution in [2.24, 2.45) is 0 Å². The summed E-state index contributed by atoms with van der Waals surface area (Å²) < 4.78 is 30.1. The number of aromatic amines is 1. The summed E-state index contributed by atoms with van der Waals surface area (Å²) >= 11 is 0. The Morgan fingerprint density at radius 2 is 1.57 bits per heavy atom. The number of rotatable bonds is 5. The molecule has 0 unspecified atom stereocenters. The molecular weight excluding hydrogens is 488 g/mol. The highest BCUT2D eigenvalue weighted by Gasteiger charge is 2.18. The maximum Gasteiger partial charge on any atom is 0.267 e. The summed E-state index contributed by atoms with van der Waals surface area (Å²) in [6.45, 7) is 0. The second kappa shape index (κ2) is 8.61. The van der Waals surface area contributed by atoms with Crippen LogP contribution in [0.2, 0.25) is 0 Å². The zero-order valence-corrected chi connectivity index (χ0v) is 20.1. The molecule has 2 heterocycles. The van der Waals surface area contributed by atoms with E-state index in [1.54, 1.807) is 54.7 Å². The van der Waals surface area contributed by atoms with Crippen LogP contribution in [0.1, 0.15) is 0 Å². The van der Waals surface area contributed by atoms with Crippen LogP contribution >= 0.6 is 0 Å². The number of hydrogen-bond acceptors (Lipinski definition) is 6. The van der Waals surface area contributed by atoms with E-state index in [2.05, 4.69) is 19.9 Å². The van der Waals surface area contributed by atoms with Crippen LogP contribution in [-0.2, 0) is 10.0 Å². The Balaban J connectivity index is 1.50. The summed E-state index contributed by atoms with van der Waals surface area (Å²) in [4.78, 5) is 18.0. The first-order valence-corrected chi connectivity index (χ1v) is 12.8. The molecule has 0 aliphatic carbocycles. The van der Waals surface area contributed by atoms with Crippen LogP contribution in [0.25, 0.3) is 38.6 Å². The van der Waals surface area contributed by atoms with Crippen LogP contribution in [0.4, 0.5) is 11.6 Å². The van der Waals surface area contributed by atoms with Crippen LogP contribution in [0.15, 0.2) is 107 Å². The number of sulfonamides is 1. The molecular formula is C27H20N6O3S. The number of aromatic nitrogens is 4. The lowest BCUT2D eigenvalue weighted by Crippen LogP contribution is -2.23. The van der Waals surface area contributed by atoms with Crippen molar-refractivity contribution in [1.29, 1.82) is 0 Å². The quantitative estimate of drug-likeness (QED) is 0.317. The molecule has 0 saturated carbocycles. The van der Waals surface area contributed by atoms with E-state index in [4.69, 9.17) is 5.73 Å². The van der Waals surface area contributed by atoms with E-state index in [-0.39, 0.29) is 16.4 Å². The molecule has 4 aromatic carbocycles. The third-order valence-electron chi connectivity index (χ3n) is 6.10. The molecule has 10 heteroatoms. The van der Waals surface area contributed by atoms with Gasteiger partial charge in [0.25, 0.3) is 15.6 Å². The predicted molar refractivity (Wildman–Crippen MR) is 144 cm³/mol. The Morgan fingerprint density at radius 1 is 0.838 bits per heavy atom. The highest BCUT2D eigenvalue weighted by atomic mass is 32.2. The minimum atomic E-state index is -3.83. The normalized spacial score (nSPS) is 11.7. The molecule has 0 radical (unpaired) electrons. The van der Waals surface area contributed by atoms with Crippen molar-refractivity contribution in [3.8, 4) is 16.8 Å². The summed E-state index contributed by atoms with van der Waals surface area (Å²) in [6, 6.07) is 26.0. The Labute approximate surface area is 211 Å². The van der Waals surface area contributed by atoms with E-state index in [1.807, 2.05) is 30.3 Å². The topological polar surface area (TPSA) is 136 Å². The Bertz CT molecular complexity index is 1950. The fourth-order valence-electron chi connectivity index (χ4n) is 4.31. The number of hydrogen-bond donors (Lipinski definition) is 3. The third-order valence-corrected chi connectivity index (χ3v) is 7.48. The van der Waals surface area contributed by atoms with E-state index in [9.17, 15) is 13.2 Å². The first-order valence-electron chi connectivity index (χ1n) is 11.3. The number of nitrogens with zero attached hydrogens (tertiary/aromatic N) is 3. The average molecular weight is 509 g/mol. The number of anilines is 2. The van der Waals surface area contributed by atoms with Crippen molar-refractivity contribution in [1.82, 2.24) is 19.7 Å². The van der Waals surface area contributed by atoms with Crippen LogP contribution < -0.4 is 16.0 Å². The maximum atomic E-state index is 13.5. The van der Waals surface area contributed by atoms with Gasteiger partial charge in [-0.2, -0.15) is 5.10 Å². The monoisotopic (exact) mass is 508 g/mol. The molecule has 6 aromatic rings. The molecule has 6 rings (SSSR count). The van der Waals surface area contributed by atoms with E-state index in [0.717, 1.165) is 0 Å². The lowest BCUT2D eigenvalue weighted by atomic mass is 10.0. The SMILES string of the molecule is Nc1nc2ccc(-c3cc(NS(=O)(=O)c4ccccc4)c4cn[nH]c4c3)cc2c(=O)n1-c1ccccc1. The number of nitrogens with two attached hydrogens (primary N) is 1. The number of H-pyrrole nitrogens is 1. The van der Waals surface area contributed by atoms with Gasteiger partial charge in [0.1, 0.15) is 0 Å².